The predicted octanol–water partition coefficient (Wildman–Crippen LogP) is 1.55. The number of likely N-dealkylation sites (tertiary alicyclic amines) is 1. The van der Waals surface area contributed by atoms with Crippen LogP contribution in [-0.2, 0) is 4.79 Å². The van der Waals surface area contributed by atoms with Gasteiger partial charge in [0.1, 0.15) is 5.69 Å². The van der Waals surface area contributed by atoms with Crippen molar-refractivity contribution in [1.82, 2.24) is 25.1 Å². The van der Waals surface area contributed by atoms with Gasteiger partial charge in [-0.25, -0.2) is 0 Å². The topological polar surface area (TPSA) is 74.8 Å². The van der Waals surface area contributed by atoms with Gasteiger partial charge in [-0.15, -0.1) is 0 Å². The number of hydrogen-bond donors (Lipinski definition) is 1. The van der Waals surface area contributed by atoms with Crippen LogP contribution < -0.4 is 0 Å². The summed E-state index contributed by atoms with van der Waals surface area (Å²) in [5, 5.41) is 6.85. The zero-order chi connectivity index (χ0) is 13.2. The molecule has 1 atom stereocenters. The first kappa shape index (κ1) is 11.8. The summed E-state index contributed by atoms with van der Waals surface area (Å²) in [5.74, 6) is 0.0868. The van der Waals surface area contributed by atoms with Crippen molar-refractivity contribution in [1.29, 1.82) is 0 Å². The Balaban J connectivity index is 2.03. The van der Waals surface area contributed by atoms with Crippen LogP contribution in [0.3, 0.4) is 0 Å². The van der Waals surface area contributed by atoms with E-state index in [-0.39, 0.29) is 11.9 Å². The second-order valence-corrected chi connectivity index (χ2v) is 4.63. The number of amides is 1. The molecule has 0 radical (unpaired) electrons. The molecule has 3 rings (SSSR count). The minimum Gasteiger partial charge on any atom is -0.334 e. The molecule has 1 saturated heterocycles. The highest BCUT2D eigenvalue weighted by molar-refractivity contribution is 5.74. The first-order chi connectivity index (χ1) is 9.27. The maximum absolute atomic E-state index is 11.7. The normalized spacial score (nSPS) is 18.8. The van der Waals surface area contributed by atoms with Crippen molar-refractivity contribution in [2.24, 2.45) is 0 Å². The van der Waals surface area contributed by atoms with Crippen molar-refractivity contribution in [2.45, 2.75) is 25.8 Å². The summed E-state index contributed by atoms with van der Waals surface area (Å²) >= 11 is 0. The largest absolute Gasteiger partial charge is 0.334 e. The maximum atomic E-state index is 11.7. The predicted molar refractivity (Wildman–Crippen MR) is 69.0 cm³/mol. The highest BCUT2D eigenvalue weighted by Gasteiger charge is 2.31. The first-order valence-corrected chi connectivity index (χ1v) is 6.35. The van der Waals surface area contributed by atoms with Gasteiger partial charge in [0.2, 0.25) is 5.91 Å². The Hall–Kier alpha value is -2.24. The first-order valence-electron chi connectivity index (χ1n) is 6.35. The molecule has 2 aromatic heterocycles. The molecule has 1 aliphatic heterocycles. The van der Waals surface area contributed by atoms with E-state index < -0.39 is 0 Å². The molecule has 0 aromatic carbocycles. The number of carbonyl (C=O) groups excluding carboxylic acids is 1. The number of nitrogens with one attached hydrogen (secondary N) is 1. The second-order valence-electron chi connectivity index (χ2n) is 4.63. The summed E-state index contributed by atoms with van der Waals surface area (Å²) in [6.07, 6.45) is 6.95. The Kier molecular flexibility index (Phi) is 2.98. The van der Waals surface area contributed by atoms with Crippen LogP contribution in [0.15, 0.2) is 24.7 Å². The third kappa shape index (κ3) is 2.09. The third-order valence-electron chi connectivity index (χ3n) is 3.46. The molecular weight excluding hydrogens is 242 g/mol. The Morgan fingerprint density at radius 1 is 1.37 bits per heavy atom. The molecule has 1 N–H and O–H groups in total. The van der Waals surface area contributed by atoms with Gasteiger partial charge < -0.3 is 4.90 Å². The van der Waals surface area contributed by atoms with Crippen molar-refractivity contribution >= 4 is 5.91 Å². The molecule has 0 unspecified atom stereocenters. The van der Waals surface area contributed by atoms with Crippen LogP contribution in [0.25, 0.3) is 11.4 Å². The fourth-order valence-electron chi connectivity index (χ4n) is 2.62. The Bertz CT molecular complexity index is 580. The molecule has 1 fully saturated rings. The molecule has 0 saturated carbocycles. The van der Waals surface area contributed by atoms with Crippen molar-refractivity contribution < 1.29 is 4.79 Å². The molecule has 3 heterocycles. The standard InChI is InChI=1S/C13H15N5O/c1-9(19)18-8-2-3-11(18)13-12(14-6-7-15-13)10-4-5-16-17-10/h4-7,11H,2-3,8H2,1H3,(H,16,17)/t11-/m0/s1. The van der Waals surface area contributed by atoms with Crippen molar-refractivity contribution in [3.05, 3.63) is 30.4 Å². The molecule has 1 amide bonds. The van der Waals surface area contributed by atoms with Gasteiger partial charge in [0.25, 0.3) is 0 Å². The van der Waals surface area contributed by atoms with E-state index in [1.807, 2.05) is 11.0 Å². The summed E-state index contributed by atoms with van der Waals surface area (Å²) in [4.78, 5) is 22.4. The molecule has 0 bridgehead atoms. The average Bonchev–Trinajstić information content (AvgIpc) is 3.10. The lowest BCUT2D eigenvalue weighted by atomic mass is 10.1. The van der Waals surface area contributed by atoms with E-state index in [0.717, 1.165) is 36.5 Å². The smallest absolute Gasteiger partial charge is 0.220 e. The number of aromatic amines is 1. The van der Waals surface area contributed by atoms with E-state index >= 15 is 0 Å². The lowest BCUT2D eigenvalue weighted by Gasteiger charge is -2.23. The third-order valence-corrected chi connectivity index (χ3v) is 3.46. The molecule has 6 nitrogen and oxygen atoms in total. The van der Waals surface area contributed by atoms with Crippen LogP contribution in [0.4, 0.5) is 0 Å². The molecule has 0 spiro atoms. The van der Waals surface area contributed by atoms with Crippen molar-refractivity contribution in [2.75, 3.05) is 6.54 Å². The summed E-state index contributed by atoms with van der Waals surface area (Å²) in [6.45, 7) is 2.39. The van der Waals surface area contributed by atoms with E-state index in [1.165, 1.54) is 0 Å². The van der Waals surface area contributed by atoms with Crippen LogP contribution in [0.1, 0.15) is 31.5 Å². The molecular formula is C13H15N5O. The number of H-pyrrole nitrogens is 1. The van der Waals surface area contributed by atoms with Crippen molar-refractivity contribution in [3.8, 4) is 11.4 Å². The number of carbonyl (C=O) groups is 1. The Morgan fingerprint density at radius 3 is 2.95 bits per heavy atom. The van der Waals surface area contributed by atoms with Gasteiger partial charge in [-0.1, -0.05) is 0 Å². The average molecular weight is 257 g/mol. The molecule has 6 heteroatoms. The maximum Gasteiger partial charge on any atom is 0.220 e. The molecule has 98 valence electrons. The summed E-state index contributed by atoms with van der Waals surface area (Å²) < 4.78 is 0. The number of rotatable bonds is 2. The number of nitrogens with zero attached hydrogens (tertiary/aromatic N) is 4. The zero-order valence-electron chi connectivity index (χ0n) is 10.7. The van der Waals surface area contributed by atoms with E-state index in [4.69, 9.17) is 0 Å². The molecule has 0 aliphatic carbocycles. The van der Waals surface area contributed by atoms with Gasteiger partial charge in [0.15, 0.2) is 0 Å². The van der Waals surface area contributed by atoms with Crippen LogP contribution in [-0.4, -0.2) is 37.5 Å². The summed E-state index contributed by atoms with van der Waals surface area (Å²) in [7, 11) is 0. The van der Waals surface area contributed by atoms with E-state index in [9.17, 15) is 4.79 Å². The molecule has 1 aliphatic rings. The fraction of sp³-hybridized carbons (Fsp3) is 0.385. The van der Waals surface area contributed by atoms with Crippen LogP contribution >= 0.6 is 0 Å². The Labute approximate surface area is 110 Å². The highest BCUT2D eigenvalue weighted by atomic mass is 16.2. The SMILES string of the molecule is CC(=O)N1CCC[C@H]1c1nccnc1-c1ccn[nH]1. The van der Waals surface area contributed by atoms with Gasteiger partial charge in [-0.3, -0.25) is 19.9 Å². The van der Waals surface area contributed by atoms with Crippen molar-refractivity contribution in [3.63, 3.8) is 0 Å². The molecule has 19 heavy (non-hydrogen) atoms. The van der Waals surface area contributed by atoms with Gasteiger partial charge in [-0.05, 0) is 18.9 Å². The highest BCUT2D eigenvalue weighted by Crippen LogP contribution is 2.34. The fourth-order valence-corrected chi connectivity index (χ4v) is 2.62. The van der Waals surface area contributed by atoms with Gasteiger partial charge in [0.05, 0.1) is 17.4 Å². The summed E-state index contributed by atoms with van der Waals surface area (Å²) in [5.41, 5.74) is 2.45. The lowest BCUT2D eigenvalue weighted by Crippen LogP contribution is -2.29. The minimum absolute atomic E-state index is 0.0181. The van der Waals surface area contributed by atoms with Crippen LogP contribution in [0.2, 0.25) is 0 Å². The van der Waals surface area contributed by atoms with Gasteiger partial charge in [-0.2, -0.15) is 5.10 Å². The van der Waals surface area contributed by atoms with Gasteiger partial charge >= 0.3 is 0 Å². The number of hydrogen-bond acceptors (Lipinski definition) is 4. The quantitative estimate of drug-likeness (QED) is 0.885. The Morgan fingerprint density at radius 2 is 2.21 bits per heavy atom. The zero-order valence-corrected chi connectivity index (χ0v) is 10.7. The van der Waals surface area contributed by atoms with Crippen LogP contribution in [0, 0.1) is 0 Å². The lowest BCUT2D eigenvalue weighted by molar-refractivity contribution is -0.129. The molecule has 2 aromatic rings. The van der Waals surface area contributed by atoms with Gasteiger partial charge in [0, 0.05) is 32.1 Å². The van der Waals surface area contributed by atoms with Crippen LogP contribution in [0.5, 0.6) is 0 Å². The van der Waals surface area contributed by atoms with E-state index in [2.05, 4.69) is 20.2 Å². The summed E-state index contributed by atoms with van der Waals surface area (Å²) in [6, 6.07) is 1.88. The van der Waals surface area contributed by atoms with E-state index in [1.54, 1.807) is 25.5 Å². The van der Waals surface area contributed by atoms with E-state index in [0.29, 0.717) is 0 Å². The minimum atomic E-state index is 0.0181. The number of aromatic nitrogens is 4. The second kappa shape index (κ2) is 4.79. The monoisotopic (exact) mass is 257 g/mol.